The molecule has 0 fully saturated rings. The highest BCUT2D eigenvalue weighted by Gasteiger charge is 2.44. The van der Waals surface area contributed by atoms with E-state index in [2.05, 4.69) is 5.32 Å². The molecule has 0 heterocycles. The van der Waals surface area contributed by atoms with Crippen molar-refractivity contribution in [3.05, 3.63) is 101 Å². The molecule has 3 aromatic carbocycles. The Morgan fingerprint density at radius 2 is 1.29 bits per heavy atom. The molecular formula is C22H19F5NO2P. The monoisotopic (exact) mass is 455 g/mol. The molecule has 3 aromatic rings. The highest BCUT2D eigenvalue weighted by molar-refractivity contribution is 7.67. The first-order valence-electron chi connectivity index (χ1n) is 9.39. The third-order valence-corrected chi connectivity index (χ3v) is 7.44. The van der Waals surface area contributed by atoms with E-state index < -0.39 is 47.5 Å². The summed E-state index contributed by atoms with van der Waals surface area (Å²) in [5.74, 6) is -12.4. The largest absolute Gasteiger partial charge is 0.324 e. The smallest absolute Gasteiger partial charge is 0.259 e. The molecule has 164 valence electrons. The van der Waals surface area contributed by atoms with Crippen molar-refractivity contribution in [3.63, 3.8) is 0 Å². The molecule has 0 aliphatic rings. The van der Waals surface area contributed by atoms with Gasteiger partial charge in [0.2, 0.25) is 5.82 Å². The lowest BCUT2D eigenvalue weighted by molar-refractivity contribution is 0.322. The molecule has 0 aliphatic heterocycles. The van der Waals surface area contributed by atoms with Crippen LogP contribution in [0.5, 0.6) is 0 Å². The van der Waals surface area contributed by atoms with Crippen molar-refractivity contribution < 1.29 is 31.0 Å². The van der Waals surface area contributed by atoms with Crippen LogP contribution in [0.4, 0.5) is 22.0 Å². The van der Waals surface area contributed by atoms with Crippen LogP contribution in [0.2, 0.25) is 0 Å². The predicted molar refractivity (Wildman–Crippen MR) is 108 cm³/mol. The SMILES string of the molecule is CCOP(=O)(c1c(F)c(F)c(F)c(F)c1F)C(NCc1ccccc1)c1ccccc1. The summed E-state index contributed by atoms with van der Waals surface area (Å²) in [5, 5.41) is 1.47. The van der Waals surface area contributed by atoms with Gasteiger partial charge in [-0.25, -0.2) is 22.0 Å². The molecule has 0 aromatic heterocycles. The molecule has 9 heteroatoms. The predicted octanol–water partition coefficient (Wildman–Crippen LogP) is 5.81. The lowest BCUT2D eigenvalue weighted by Crippen LogP contribution is -2.31. The van der Waals surface area contributed by atoms with Gasteiger partial charge in [-0.1, -0.05) is 60.7 Å². The Balaban J connectivity index is 2.19. The van der Waals surface area contributed by atoms with Crippen molar-refractivity contribution in [3.8, 4) is 0 Å². The zero-order valence-corrected chi connectivity index (χ0v) is 17.3. The van der Waals surface area contributed by atoms with E-state index in [0.717, 1.165) is 5.56 Å². The van der Waals surface area contributed by atoms with Crippen LogP contribution in [-0.2, 0) is 15.6 Å². The van der Waals surface area contributed by atoms with Crippen LogP contribution in [0.1, 0.15) is 23.8 Å². The van der Waals surface area contributed by atoms with E-state index in [-0.39, 0.29) is 13.2 Å². The lowest BCUT2D eigenvalue weighted by Gasteiger charge is -2.29. The van der Waals surface area contributed by atoms with Crippen molar-refractivity contribution in [2.75, 3.05) is 6.61 Å². The molecule has 0 radical (unpaired) electrons. The Labute approximate surface area is 176 Å². The Morgan fingerprint density at radius 3 is 1.81 bits per heavy atom. The van der Waals surface area contributed by atoms with Crippen LogP contribution >= 0.6 is 7.37 Å². The van der Waals surface area contributed by atoms with Crippen LogP contribution in [0.15, 0.2) is 60.7 Å². The number of hydrogen-bond acceptors (Lipinski definition) is 3. The summed E-state index contributed by atoms with van der Waals surface area (Å²) < 4.78 is 90.0. The van der Waals surface area contributed by atoms with Crippen molar-refractivity contribution >= 4 is 12.7 Å². The van der Waals surface area contributed by atoms with Gasteiger partial charge < -0.3 is 4.52 Å². The molecular weight excluding hydrogens is 436 g/mol. The molecule has 0 aliphatic carbocycles. The Bertz CT molecular complexity index is 1070. The minimum atomic E-state index is -4.70. The second-order valence-electron chi connectivity index (χ2n) is 6.61. The minimum Gasteiger partial charge on any atom is -0.324 e. The number of nitrogens with one attached hydrogen (secondary N) is 1. The van der Waals surface area contributed by atoms with Crippen molar-refractivity contribution in [2.24, 2.45) is 0 Å². The van der Waals surface area contributed by atoms with E-state index in [1.807, 2.05) is 0 Å². The molecule has 0 saturated carbocycles. The number of rotatable bonds is 8. The summed E-state index contributed by atoms with van der Waals surface area (Å²) in [7, 11) is -4.70. The number of benzene rings is 3. The highest BCUT2D eigenvalue weighted by Crippen LogP contribution is 2.59. The normalized spacial score (nSPS) is 14.3. The van der Waals surface area contributed by atoms with Gasteiger partial charge >= 0.3 is 0 Å². The quantitative estimate of drug-likeness (QED) is 0.202. The van der Waals surface area contributed by atoms with Crippen LogP contribution in [0.25, 0.3) is 0 Å². The number of halogens is 5. The van der Waals surface area contributed by atoms with Crippen molar-refractivity contribution in [2.45, 2.75) is 19.3 Å². The van der Waals surface area contributed by atoms with E-state index in [1.54, 1.807) is 48.5 Å². The zero-order valence-electron chi connectivity index (χ0n) is 16.4. The second kappa shape index (κ2) is 9.73. The summed E-state index contributed by atoms with van der Waals surface area (Å²) in [6.07, 6.45) is 0. The summed E-state index contributed by atoms with van der Waals surface area (Å²) in [6, 6.07) is 16.8. The van der Waals surface area contributed by atoms with Crippen molar-refractivity contribution in [1.82, 2.24) is 5.32 Å². The van der Waals surface area contributed by atoms with Crippen LogP contribution < -0.4 is 10.6 Å². The Kier molecular flexibility index (Phi) is 7.26. The maximum Gasteiger partial charge on any atom is 0.259 e. The topological polar surface area (TPSA) is 38.3 Å². The molecule has 2 unspecified atom stereocenters. The van der Waals surface area contributed by atoms with E-state index in [1.165, 1.54) is 19.1 Å². The average molecular weight is 455 g/mol. The maximum absolute atomic E-state index is 14.7. The van der Waals surface area contributed by atoms with Gasteiger partial charge in [0.1, 0.15) is 11.1 Å². The summed E-state index contributed by atoms with van der Waals surface area (Å²) in [5.41, 5.74) is 1.06. The van der Waals surface area contributed by atoms with E-state index in [4.69, 9.17) is 4.52 Å². The molecule has 1 N–H and O–H groups in total. The zero-order chi connectivity index (χ0) is 22.6. The molecule has 0 spiro atoms. The van der Waals surface area contributed by atoms with Crippen LogP contribution in [0, 0.1) is 29.1 Å². The maximum atomic E-state index is 14.7. The van der Waals surface area contributed by atoms with Gasteiger partial charge in [0.25, 0.3) is 7.37 Å². The van der Waals surface area contributed by atoms with Gasteiger partial charge in [-0.2, -0.15) is 0 Å². The number of hydrogen-bond donors (Lipinski definition) is 1. The van der Waals surface area contributed by atoms with Gasteiger partial charge in [0, 0.05) is 6.54 Å². The summed E-state index contributed by atoms with van der Waals surface area (Å²) in [4.78, 5) is 0. The third-order valence-electron chi connectivity index (χ3n) is 4.62. The Morgan fingerprint density at radius 1 is 0.806 bits per heavy atom. The molecule has 31 heavy (non-hydrogen) atoms. The molecule has 2 atom stereocenters. The molecule has 0 saturated heterocycles. The standard InChI is InChI=1S/C22H19F5NO2P/c1-2-30-31(29,21-19(26)17(24)16(23)18(25)20(21)27)22(15-11-7-4-8-12-15)28-13-14-9-5-3-6-10-14/h3-12,22,28H,2,13H2,1H3. The molecule has 3 rings (SSSR count). The first-order valence-corrected chi connectivity index (χ1v) is 11.1. The van der Waals surface area contributed by atoms with E-state index in [0.29, 0.717) is 5.56 Å². The van der Waals surface area contributed by atoms with E-state index >= 15 is 0 Å². The van der Waals surface area contributed by atoms with Gasteiger partial charge in [-0.05, 0) is 18.1 Å². The Hall–Kier alpha value is -2.54. The fourth-order valence-electron chi connectivity index (χ4n) is 3.21. The van der Waals surface area contributed by atoms with Crippen molar-refractivity contribution in [1.29, 1.82) is 0 Å². The molecule has 0 bridgehead atoms. The highest BCUT2D eigenvalue weighted by atomic mass is 31.2. The van der Waals surface area contributed by atoms with Gasteiger partial charge in [-0.15, -0.1) is 0 Å². The second-order valence-corrected chi connectivity index (χ2v) is 9.03. The van der Waals surface area contributed by atoms with Gasteiger partial charge in [0.05, 0.1) is 6.61 Å². The lowest BCUT2D eigenvalue weighted by atomic mass is 10.2. The minimum absolute atomic E-state index is 0.104. The summed E-state index contributed by atoms with van der Waals surface area (Å²) >= 11 is 0. The first-order chi connectivity index (χ1) is 14.8. The van der Waals surface area contributed by atoms with Gasteiger partial charge in [0.15, 0.2) is 23.3 Å². The fraction of sp³-hybridized carbons (Fsp3) is 0.182. The fourth-order valence-corrected chi connectivity index (χ4v) is 5.77. The van der Waals surface area contributed by atoms with E-state index in [9.17, 15) is 26.5 Å². The summed E-state index contributed by atoms with van der Waals surface area (Å²) in [6.45, 7) is 1.23. The first kappa shape index (κ1) is 23.1. The van der Waals surface area contributed by atoms with Crippen LogP contribution in [-0.4, -0.2) is 6.61 Å². The third kappa shape index (κ3) is 4.56. The molecule has 0 amide bonds. The molecule has 3 nitrogen and oxygen atoms in total. The average Bonchev–Trinajstić information content (AvgIpc) is 2.78. The van der Waals surface area contributed by atoms with Crippen LogP contribution in [0.3, 0.4) is 0 Å². The van der Waals surface area contributed by atoms with Gasteiger partial charge in [-0.3, -0.25) is 9.88 Å².